The topological polar surface area (TPSA) is 66.4 Å². The molecule has 6 nitrogen and oxygen atoms in total. The summed E-state index contributed by atoms with van der Waals surface area (Å²) in [7, 11) is 0. The molecular weight excluding hydrogens is 348 g/mol. The van der Waals surface area contributed by atoms with Gasteiger partial charge in [-0.05, 0) is 12.8 Å². The second-order valence-electron chi connectivity index (χ2n) is 6.76. The van der Waals surface area contributed by atoms with Crippen molar-refractivity contribution < 1.29 is 28.8 Å². The fraction of sp³-hybridized carbons (Fsp3) is 1.00. The molecular formula is C21H44O6. The molecule has 0 radical (unpaired) electrons. The van der Waals surface area contributed by atoms with Gasteiger partial charge < -0.3 is 28.8 Å². The van der Waals surface area contributed by atoms with Crippen LogP contribution in [0.3, 0.4) is 0 Å². The van der Waals surface area contributed by atoms with E-state index in [1.165, 1.54) is 38.5 Å². The van der Waals surface area contributed by atoms with Crippen molar-refractivity contribution >= 4 is 0 Å². The van der Waals surface area contributed by atoms with Crippen molar-refractivity contribution in [1.82, 2.24) is 0 Å². The molecule has 27 heavy (non-hydrogen) atoms. The van der Waals surface area contributed by atoms with Crippen LogP contribution in [0.5, 0.6) is 0 Å². The Hall–Kier alpha value is -0.240. The Labute approximate surface area is 166 Å². The van der Waals surface area contributed by atoms with E-state index in [1.54, 1.807) is 0 Å². The predicted molar refractivity (Wildman–Crippen MR) is 108 cm³/mol. The Morgan fingerprint density at radius 1 is 0.481 bits per heavy atom. The minimum absolute atomic E-state index is 0.282. The highest BCUT2D eigenvalue weighted by molar-refractivity contribution is 4.51. The molecule has 0 aromatic carbocycles. The van der Waals surface area contributed by atoms with E-state index in [0.29, 0.717) is 52.9 Å². The predicted octanol–water partition coefficient (Wildman–Crippen LogP) is 3.59. The van der Waals surface area contributed by atoms with Gasteiger partial charge in [0.25, 0.3) is 0 Å². The normalized spacial score (nSPS) is 12.6. The SMILES string of the molecule is CCCCCCOCCOCCOCCOCC(O)COCCCCCC. The minimum atomic E-state index is -0.568. The number of hydrogen-bond donors (Lipinski definition) is 1. The van der Waals surface area contributed by atoms with E-state index in [4.69, 9.17) is 23.7 Å². The minimum Gasteiger partial charge on any atom is -0.388 e. The largest absolute Gasteiger partial charge is 0.388 e. The van der Waals surface area contributed by atoms with E-state index in [0.717, 1.165) is 19.4 Å². The van der Waals surface area contributed by atoms with E-state index in [9.17, 15) is 5.11 Å². The molecule has 1 atom stereocenters. The van der Waals surface area contributed by atoms with Crippen LogP contribution < -0.4 is 0 Å². The van der Waals surface area contributed by atoms with E-state index in [1.807, 2.05) is 0 Å². The van der Waals surface area contributed by atoms with Crippen LogP contribution in [0.1, 0.15) is 65.2 Å². The van der Waals surface area contributed by atoms with Crippen LogP contribution in [-0.2, 0) is 23.7 Å². The first-order valence-corrected chi connectivity index (χ1v) is 10.9. The number of unbranched alkanes of at least 4 members (excludes halogenated alkanes) is 6. The van der Waals surface area contributed by atoms with Gasteiger partial charge in [0.1, 0.15) is 6.10 Å². The second kappa shape index (κ2) is 23.8. The molecule has 1 N–H and O–H groups in total. The highest BCUT2D eigenvalue weighted by atomic mass is 16.6. The van der Waals surface area contributed by atoms with Crippen LogP contribution in [0, 0.1) is 0 Å². The Bertz CT molecular complexity index is 265. The quantitative estimate of drug-likeness (QED) is 0.268. The van der Waals surface area contributed by atoms with Crippen molar-refractivity contribution in [3.63, 3.8) is 0 Å². The van der Waals surface area contributed by atoms with Crippen LogP contribution in [0.4, 0.5) is 0 Å². The molecule has 0 saturated heterocycles. The molecule has 0 fully saturated rings. The average Bonchev–Trinajstić information content (AvgIpc) is 2.67. The second-order valence-corrected chi connectivity index (χ2v) is 6.76. The van der Waals surface area contributed by atoms with Crippen molar-refractivity contribution in [2.24, 2.45) is 0 Å². The summed E-state index contributed by atoms with van der Waals surface area (Å²) in [6, 6.07) is 0. The number of hydrogen-bond acceptors (Lipinski definition) is 6. The first kappa shape index (κ1) is 26.8. The maximum absolute atomic E-state index is 9.73. The van der Waals surface area contributed by atoms with Gasteiger partial charge in [-0.3, -0.25) is 0 Å². The van der Waals surface area contributed by atoms with Crippen LogP contribution in [0.2, 0.25) is 0 Å². The van der Waals surface area contributed by atoms with Gasteiger partial charge in [-0.1, -0.05) is 52.4 Å². The molecule has 0 rings (SSSR count). The summed E-state index contributed by atoms with van der Waals surface area (Å²) in [5.41, 5.74) is 0. The number of rotatable bonds is 23. The zero-order chi connectivity index (χ0) is 19.8. The third-order valence-corrected chi connectivity index (χ3v) is 4.02. The number of ether oxygens (including phenoxy) is 5. The van der Waals surface area contributed by atoms with Crippen LogP contribution in [0.15, 0.2) is 0 Å². The van der Waals surface area contributed by atoms with Crippen LogP contribution >= 0.6 is 0 Å². The van der Waals surface area contributed by atoms with Crippen molar-refractivity contribution in [2.45, 2.75) is 71.3 Å². The summed E-state index contributed by atoms with van der Waals surface area (Å²) in [5.74, 6) is 0. The van der Waals surface area contributed by atoms with Gasteiger partial charge in [0.15, 0.2) is 0 Å². The lowest BCUT2D eigenvalue weighted by Crippen LogP contribution is -2.23. The maximum Gasteiger partial charge on any atom is 0.101 e. The fourth-order valence-corrected chi connectivity index (χ4v) is 2.41. The number of aliphatic hydroxyl groups is 1. The molecule has 0 saturated carbocycles. The molecule has 0 spiro atoms. The molecule has 164 valence electrons. The zero-order valence-corrected chi connectivity index (χ0v) is 17.8. The third kappa shape index (κ3) is 23.7. The fourth-order valence-electron chi connectivity index (χ4n) is 2.41. The van der Waals surface area contributed by atoms with E-state index in [-0.39, 0.29) is 6.61 Å². The summed E-state index contributed by atoms with van der Waals surface area (Å²) in [5, 5.41) is 9.73. The Kier molecular flexibility index (Phi) is 23.6. The molecule has 0 bridgehead atoms. The molecule has 0 aromatic rings. The summed E-state index contributed by atoms with van der Waals surface area (Å²) in [4.78, 5) is 0. The summed E-state index contributed by atoms with van der Waals surface area (Å²) >= 11 is 0. The highest BCUT2D eigenvalue weighted by Crippen LogP contribution is 2.00. The van der Waals surface area contributed by atoms with Gasteiger partial charge in [-0.15, -0.1) is 0 Å². The Morgan fingerprint density at radius 2 is 0.852 bits per heavy atom. The molecule has 0 aliphatic heterocycles. The molecule has 0 aliphatic carbocycles. The van der Waals surface area contributed by atoms with E-state index < -0.39 is 6.10 Å². The molecule has 6 heteroatoms. The molecule has 0 heterocycles. The monoisotopic (exact) mass is 392 g/mol. The molecule has 1 unspecified atom stereocenters. The maximum atomic E-state index is 9.73. The summed E-state index contributed by atoms with van der Waals surface area (Å²) in [6.07, 6.45) is 9.06. The molecule has 0 aliphatic rings. The smallest absolute Gasteiger partial charge is 0.101 e. The lowest BCUT2D eigenvalue weighted by molar-refractivity contribution is -0.0387. The van der Waals surface area contributed by atoms with Crippen LogP contribution in [0.25, 0.3) is 0 Å². The summed E-state index contributed by atoms with van der Waals surface area (Å²) < 4.78 is 27.2. The van der Waals surface area contributed by atoms with Gasteiger partial charge in [0.2, 0.25) is 0 Å². The van der Waals surface area contributed by atoms with Gasteiger partial charge >= 0.3 is 0 Å². The highest BCUT2D eigenvalue weighted by Gasteiger charge is 2.04. The standard InChI is InChI=1S/C21H44O6/c1-3-5-7-9-11-23-13-14-24-15-16-25-17-18-27-20-21(22)19-26-12-10-8-6-4-2/h21-22H,3-20H2,1-2H3. The van der Waals surface area contributed by atoms with Crippen molar-refractivity contribution in [3.05, 3.63) is 0 Å². The first-order valence-electron chi connectivity index (χ1n) is 10.9. The third-order valence-electron chi connectivity index (χ3n) is 4.02. The zero-order valence-electron chi connectivity index (χ0n) is 17.8. The van der Waals surface area contributed by atoms with Crippen LogP contribution in [-0.4, -0.2) is 77.3 Å². The van der Waals surface area contributed by atoms with Gasteiger partial charge in [-0.25, -0.2) is 0 Å². The lowest BCUT2D eigenvalue weighted by atomic mass is 10.2. The Morgan fingerprint density at radius 3 is 1.33 bits per heavy atom. The summed E-state index contributed by atoms with van der Waals surface area (Å²) in [6.45, 7) is 9.88. The first-order chi connectivity index (χ1) is 13.3. The van der Waals surface area contributed by atoms with E-state index >= 15 is 0 Å². The average molecular weight is 393 g/mol. The van der Waals surface area contributed by atoms with Crippen molar-refractivity contribution in [3.8, 4) is 0 Å². The van der Waals surface area contributed by atoms with Gasteiger partial charge in [0.05, 0.1) is 52.9 Å². The molecule has 0 amide bonds. The lowest BCUT2D eigenvalue weighted by Gasteiger charge is -2.12. The van der Waals surface area contributed by atoms with Crippen molar-refractivity contribution in [1.29, 1.82) is 0 Å². The van der Waals surface area contributed by atoms with Gasteiger partial charge in [-0.2, -0.15) is 0 Å². The Balaban J connectivity index is 3.09. The number of aliphatic hydroxyl groups excluding tert-OH is 1. The van der Waals surface area contributed by atoms with Gasteiger partial charge in [0, 0.05) is 13.2 Å². The van der Waals surface area contributed by atoms with Crippen molar-refractivity contribution in [2.75, 3.05) is 66.1 Å². The molecule has 0 aromatic heterocycles. The van der Waals surface area contributed by atoms with E-state index in [2.05, 4.69) is 13.8 Å².